The summed E-state index contributed by atoms with van der Waals surface area (Å²) in [6, 6.07) is 3.63. The molecule has 4 rings (SSSR count). The van der Waals surface area contributed by atoms with Crippen LogP contribution in [-0.4, -0.2) is 54.9 Å². The Labute approximate surface area is 155 Å². The van der Waals surface area contributed by atoms with Gasteiger partial charge in [0.05, 0.1) is 0 Å². The highest BCUT2D eigenvalue weighted by atomic mass is 16.2. The number of rotatable bonds is 4. The minimum atomic E-state index is -0.0840. The van der Waals surface area contributed by atoms with Crippen LogP contribution >= 0.6 is 0 Å². The minimum absolute atomic E-state index is 0.0840. The second-order valence-corrected chi connectivity index (χ2v) is 8.22. The summed E-state index contributed by atoms with van der Waals surface area (Å²) in [4.78, 5) is 33.2. The van der Waals surface area contributed by atoms with Crippen LogP contribution in [0.4, 0.5) is 5.82 Å². The van der Waals surface area contributed by atoms with Crippen LogP contribution in [0.1, 0.15) is 48.9 Å². The summed E-state index contributed by atoms with van der Waals surface area (Å²) < 4.78 is 0. The van der Waals surface area contributed by atoms with E-state index in [9.17, 15) is 9.59 Å². The summed E-state index contributed by atoms with van der Waals surface area (Å²) >= 11 is 0. The number of amides is 2. The second-order valence-electron chi connectivity index (χ2n) is 8.22. The van der Waals surface area contributed by atoms with Crippen molar-refractivity contribution in [2.75, 3.05) is 38.1 Å². The predicted molar refractivity (Wildman–Crippen MR) is 100 cm³/mol. The first-order valence-corrected chi connectivity index (χ1v) is 9.79. The van der Waals surface area contributed by atoms with Crippen LogP contribution in [0.5, 0.6) is 0 Å². The molecule has 3 heterocycles. The highest BCUT2D eigenvalue weighted by Crippen LogP contribution is 2.41. The Hall–Kier alpha value is -2.11. The third-order valence-corrected chi connectivity index (χ3v) is 6.14. The van der Waals surface area contributed by atoms with Crippen LogP contribution in [0.2, 0.25) is 0 Å². The number of pyridine rings is 1. The van der Waals surface area contributed by atoms with E-state index in [1.807, 2.05) is 6.07 Å². The van der Waals surface area contributed by atoms with Crippen molar-refractivity contribution in [3.63, 3.8) is 0 Å². The molecule has 140 valence electrons. The molecular formula is C20H28N4O2. The van der Waals surface area contributed by atoms with E-state index in [0.717, 1.165) is 50.8 Å². The van der Waals surface area contributed by atoms with Gasteiger partial charge in [-0.15, -0.1) is 0 Å². The number of carbonyl (C=O) groups excluding carboxylic acids is 2. The van der Waals surface area contributed by atoms with Crippen molar-refractivity contribution in [1.29, 1.82) is 0 Å². The maximum atomic E-state index is 12.3. The van der Waals surface area contributed by atoms with Gasteiger partial charge in [-0.25, -0.2) is 4.98 Å². The number of hydrogen-bond donors (Lipinski definition) is 1. The van der Waals surface area contributed by atoms with Crippen LogP contribution < -0.4 is 10.2 Å². The smallest absolute Gasteiger partial charge is 0.251 e. The van der Waals surface area contributed by atoms with Gasteiger partial charge < -0.3 is 15.1 Å². The van der Waals surface area contributed by atoms with E-state index in [-0.39, 0.29) is 11.3 Å². The van der Waals surface area contributed by atoms with Gasteiger partial charge in [0.15, 0.2) is 0 Å². The maximum Gasteiger partial charge on any atom is 0.251 e. The van der Waals surface area contributed by atoms with Crippen molar-refractivity contribution in [3.05, 3.63) is 23.9 Å². The Bertz CT molecular complexity index is 703. The number of nitrogens with zero attached hydrogens (tertiary/aromatic N) is 3. The van der Waals surface area contributed by atoms with Crippen molar-refractivity contribution in [2.24, 2.45) is 11.3 Å². The molecule has 1 saturated carbocycles. The number of hydrogen-bond acceptors (Lipinski definition) is 4. The molecule has 6 heteroatoms. The van der Waals surface area contributed by atoms with Crippen molar-refractivity contribution >= 4 is 17.6 Å². The average molecular weight is 356 g/mol. The molecule has 3 aliphatic rings. The summed E-state index contributed by atoms with van der Waals surface area (Å²) in [5.74, 6) is 1.86. The highest BCUT2D eigenvalue weighted by molar-refractivity contribution is 5.94. The lowest BCUT2D eigenvalue weighted by Gasteiger charge is -2.48. The van der Waals surface area contributed by atoms with Gasteiger partial charge in [-0.2, -0.15) is 0 Å². The largest absolute Gasteiger partial charge is 0.356 e. The molecule has 3 fully saturated rings. The first kappa shape index (κ1) is 17.3. The molecule has 0 bridgehead atoms. The lowest BCUT2D eigenvalue weighted by molar-refractivity contribution is -0.138. The van der Waals surface area contributed by atoms with Gasteiger partial charge in [0.25, 0.3) is 5.91 Å². The topological polar surface area (TPSA) is 65.5 Å². The zero-order chi connectivity index (χ0) is 18.1. The van der Waals surface area contributed by atoms with Gasteiger partial charge in [-0.3, -0.25) is 9.59 Å². The fraction of sp³-hybridized carbons (Fsp3) is 0.650. The number of anilines is 1. The van der Waals surface area contributed by atoms with Crippen LogP contribution in [0, 0.1) is 11.3 Å². The van der Waals surface area contributed by atoms with Crippen LogP contribution in [0.15, 0.2) is 18.3 Å². The molecule has 1 unspecified atom stereocenters. The lowest BCUT2D eigenvalue weighted by atomic mass is 9.73. The van der Waals surface area contributed by atoms with Gasteiger partial charge in [0.1, 0.15) is 5.82 Å². The minimum Gasteiger partial charge on any atom is -0.356 e. The number of likely N-dealkylation sites (tertiary alicyclic amines) is 1. The first-order valence-electron chi connectivity index (χ1n) is 9.79. The second kappa shape index (κ2) is 6.89. The van der Waals surface area contributed by atoms with E-state index in [1.54, 1.807) is 19.3 Å². The van der Waals surface area contributed by atoms with Crippen molar-refractivity contribution in [2.45, 2.75) is 38.5 Å². The van der Waals surface area contributed by atoms with Crippen molar-refractivity contribution in [1.82, 2.24) is 15.2 Å². The third kappa shape index (κ3) is 3.55. The Morgan fingerprint density at radius 3 is 2.96 bits per heavy atom. The van der Waals surface area contributed by atoms with Gasteiger partial charge in [-0.1, -0.05) is 0 Å². The average Bonchev–Trinajstić information content (AvgIpc) is 3.49. The van der Waals surface area contributed by atoms with Gasteiger partial charge in [-0.05, 0) is 50.2 Å². The molecule has 0 aromatic carbocycles. The normalized spacial score (nSPS) is 26.3. The van der Waals surface area contributed by atoms with Crippen LogP contribution in [-0.2, 0) is 4.79 Å². The SMILES string of the molecule is CNC(=O)c1ccnc(N2CCCC3(CCC(=O)N(CC4CC4)C3)C2)c1. The van der Waals surface area contributed by atoms with E-state index >= 15 is 0 Å². The maximum absolute atomic E-state index is 12.3. The molecule has 2 amide bonds. The molecule has 1 N–H and O–H groups in total. The molecule has 2 aliphatic heterocycles. The van der Waals surface area contributed by atoms with Crippen molar-refractivity contribution in [3.8, 4) is 0 Å². The fourth-order valence-corrected chi connectivity index (χ4v) is 4.49. The van der Waals surface area contributed by atoms with E-state index in [1.165, 1.54) is 19.3 Å². The molecular weight excluding hydrogens is 328 g/mol. The Morgan fingerprint density at radius 1 is 1.35 bits per heavy atom. The van der Waals surface area contributed by atoms with Crippen LogP contribution in [0.25, 0.3) is 0 Å². The molecule has 1 aromatic rings. The number of aromatic nitrogens is 1. The third-order valence-electron chi connectivity index (χ3n) is 6.14. The monoisotopic (exact) mass is 356 g/mol. The van der Waals surface area contributed by atoms with Gasteiger partial charge in [0.2, 0.25) is 5.91 Å². The van der Waals surface area contributed by atoms with Crippen molar-refractivity contribution < 1.29 is 9.59 Å². The molecule has 26 heavy (non-hydrogen) atoms. The van der Waals surface area contributed by atoms with E-state index in [2.05, 4.69) is 20.1 Å². The Kier molecular flexibility index (Phi) is 4.59. The van der Waals surface area contributed by atoms with Gasteiger partial charge >= 0.3 is 0 Å². The predicted octanol–water partition coefficient (Wildman–Crippen LogP) is 2.06. The van der Waals surface area contributed by atoms with E-state index in [0.29, 0.717) is 17.9 Å². The highest BCUT2D eigenvalue weighted by Gasteiger charge is 2.43. The molecule has 1 spiro atoms. The zero-order valence-electron chi connectivity index (χ0n) is 15.5. The summed E-state index contributed by atoms with van der Waals surface area (Å²) in [5.41, 5.74) is 0.817. The standard InChI is InChI=1S/C20H28N4O2/c1-21-19(26)16-6-9-22-17(11-16)23-10-2-7-20(13-23)8-5-18(25)24(14-20)12-15-3-4-15/h6,9,11,15H,2-5,7-8,10,12-14H2,1H3,(H,21,26). The summed E-state index contributed by atoms with van der Waals surface area (Å²) in [6.45, 7) is 3.72. The quantitative estimate of drug-likeness (QED) is 0.897. The number of piperidine rings is 2. The lowest BCUT2D eigenvalue weighted by Crippen LogP contribution is -2.54. The molecule has 1 aromatic heterocycles. The summed E-state index contributed by atoms with van der Waals surface area (Å²) in [5, 5.41) is 2.67. The molecule has 1 aliphatic carbocycles. The molecule has 6 nitrogen and oxygen atoms in total. The zero-order valence-corrected chi connectivity index (χ0v) is 15.5. The Balaban J connectivity index is 1.50. The number of carbonyl (C=O) groups is 2. The van der Waals surface area contributed by atoms with E-state index in [4.69, 9.17) is 0 Å². The molecule has 2 saturated heterocycles. The fourth-order valence-electron chi connectivity index (χ4n) is 4.49. The Morgan fingerprint density at radius 2 is 2.19 bits per heavy atom. The number of nitrogens with one attached hydrogen (secondary N) is 1. The van der Waals surface area contributed by atoms with Gasteiger partial charge in [0, 0.05) is 56.8 Å². The molecule has 0 radical (unpaired) electrons. The van der Waals surface area contributed by atoms with E-state index < -0.39 is 0 Å². The molecule has 1 atom stereocenters. The summed E-state index contributed by atoms with van der Waals surface area (Å²) in [7, 11) is 1.64. The van der Waals surface area contributed by atoms with Crippen LogP contribution in [0.3, 0.4) is 0 Å². The summed E-state index contributed by atoms with van der Waals surface area (Å²) in [6.07, 6.45) is 8.19. The first-order chi connectivity index (χ1) is 12.6.